The minimum Gasteiger partial charge on any atom is -0.505 e. The molecule has 0 saturated carbocycles. The van der Waals surface area contributed by atoms with Crippen LogP contribution in [0, 0.1) is 0 Å². The molecule has 2 aromatic rings. The first-order valence-corrected chi connectivity index (χ1v) is 7.25. The lowest BCUT2D eigenvalue weighted by Gasteiger charge is -2.08. The lowest BCUT2D eigenvalue weighted by Crippen LogP contribution is -2.11. The number of amides is 1. The van der Waals surface area contributed by atoms with E-state index in [1.54, 1.807) is 12.1 Å². The van der Waals surface area contributed by atoms with Crippen LogP contribution in [0.5, 0.6) is 5.75 Å². The Kier molecular flexibility index (Phi) is 4.81. The van der Waals surface area contributed by atoms with Gasteiger partial charge in [0.25, 0.3) is 5.91 Å². The molecule has 0 spiro atoms. The average Bonchev–Trinajstić information content (AvgIpc) is 2.34. The van der Waals surface area contributed by atoms with Crippen molar-refractivity contribution in [3.8, 4) is 5.75 Å². The van der Waals surface area contributed by atoms with Crippen molar-refractivity contribution in [2.75, 3.05) is 5.32 Å². The summed E-state index contributed by atoms with van der Waals surface area (Å²) in [5.41, 5.74) is 0.753. The van der Waals surface area contributed by atoms with E-state index in [2.05, 4.69) is 21.2 Å². The molecule has 0 bridgehead atoms. The summed E-state index contributed by atoms with van der Waals surface area (Å²) in [5, 5.41) is 12.6. The largest absolute Gasteiger partial charge is 0.505 e. The zero-order valence-electron chi connectivity index (χ0n) is 9.75. The Bertz CT molecular complexity index is 648. The predicted octanol–water partition coefficient (Wildman–Crippen LogP) is 5.37. The minimum atomic E-state index is -0.369. The molecule has 0 aliphatic carbocycles. The molecule has 0 heterocycles. The summed E-state index contributed by atoms with van der Waals surface area (Å²) in [4.78, 5) is 12.1. The molecule has 0 fully saturated rings. The fourth-order valence-corrected chi connectivity index (χ4v) is 2.87. The van der Waals surface area contributed by atoms with Crippen LogP contribution in [-0.4, -0.2) is 11.0 Å². The number of phenols is 1. The number of carbonyl (C=O) groups excluding carboxylic acids is 1. The van der Waals surface area contributed by atoms with E-state index in [-0.39, 0.29) is 21.7 Å². The number of aromatic hydroxyl groups is 1. The number of rotatable bonds is 2. The lowest BCUT2D eigenvalue weighted by atomic mass is 10.2. The Morgan fingerprint density at radius 3 is 2.20 bits per heavy atom. The molecule has 7 heteroatoms. The van der Waals surface area contributed by atoms with E-state index >= 15 is 0 Å². The van der Waals surface area contributed by atoms with Gasteiger partial charge in [-0.15, -0.1) is 0 Å². The molecule has 0 radical (unpaired) electrons. The third-order valence-electron chi connectivity index (χ3n) is 2.40. The van der Waals surface area contributed by atoms with Gasteiger partial charge >= 0.3 is 0 Å². The summed E-state index contributed by atoms with van der Waals surface area (Å²) in [6, 6.07) is 7.64. The number of halogens is 4. The van der Waals surface area contributed by atoms with Crippen LogP contribution in [0.3, 0.4) is 0 Å². The van der Waals surface area contributed by atoms with Gasteiger partial charge in [-0.05, 0) is 30.3 Å². The molecule has 2 rings (SSSR count). The maximum atomic E-state index is 12.1. The number of hydrogen-bond donors (Lipinski definition) is 2. The Morgan fingerprint density at radius 2 is 1.65 bits per heavy atom. The molecule has 0 aliphatic rings. The first kappa shape index (κ1) is 15.4. The molecule has 104 valence electrons. The molecule has 1 amide bonds. The van der Waals surface area contributed by atoms with Gasteiger partial charge in [-0.1, -0.05) is 50.7 Å². The van der Waals surface area contributed by atoms with E-state index in [4.69, 9.17) is 34.8 Å². The summed E-state index contributed by atoms with van der Waals surface area (Å²) in [6.07, 6.45) is 0. The lowest BCUT2D eigenvalue weighted by molar-refractivity contribution is 0.102. The Balaban J connectivity index is 2.28. The van der Waals surface area contributed by atoms with Crippen molar-refractivity contribution in [3.63, 3.8) is 0 Å². The normalized spacial score (nSPS) is 10.4. The summed E-state index contributed by atoms with van der Waals surface area (Å²) >= 11 is 20.7. The van der Waals surface area contributed by atoms with Crippen LogP contribution in [0.4, 0.5) is 5.69 Å². The molecular weight excluding hydrogens is 388 g/mol. The van der Waals surface area contributed by atoms with Gasteiger partial charge in [-0.25, -0.2) is 0 Å². The van der Waals surface area contributed by atoms with Gasteiger partial charge in [0.05, 0.1) is 10.0 Å². The minimum absolute atomic E-state index is 0.0556. The van der Waals surface area contributed by atoms with Gasteiger partial charge in [0.2, 0.25) is 0 Å². The number of carbonyl (C=O) groups is 1. The highest BCUT2D eigenvalue weighted by Crippen LogP contribution is 2.34. The van der Waals surface area contributed by atoms with Crippen LogP contribution in [0.2, 0.25) is 15.1 Å². The summed E-state index contributed by atoms with van der Waals surface area (Å²) in [5.74, 6) is -0.595. The maximum absolute atomic E-state index is 12.1. The van der Waals surface area contributed by atoms with Gasteiger partial charge in [0.1, 0.15) is 0 Å². The molecule has 2 N–H and O–H groups in total. The topological polar surface area (TPSA) is 49.3 Å². The summed E-state index contributed by atoms with van der Waals surface area (Å²) in [7, 11) is 0. The molecule has 20 heavy (non-hydrogen) atoms. The predicted molar refractivity (Wildman–Crippen MR) is 85.2 cm³/mol. The fourth-order valence-electron chi connectivity index (χ4n) is 1.53. The van der Waals surface area contributed by atoms with Crippen LogP contribution >= 0.6 is 50.7 Å². The van der Waals surface area contributed by atoms with E-state index in [0.29, 0.717) is 20.7 Å². The average molecular weight is 395 g/mol. The third-order valence-corrected chi connectivity index (χ3v) is 3.65. The van der Waals surface area contributed by atoms with Gasteiger partial charge < -0.3 is 10.4 Å². The Hall–Kier alpha value is -0.940. The van der Waals surface area contributed by atoms with Crippen molar-refractivity contribution in [3.05, 3.63) is 55.4 Å². The maximum Gasteiger partial charge on any atom is 0.255 e. The second-order valence-corrected chi connectivity index (χ2v) is 6.07. The van der Waals surface area contributed by atoms with Gasteiger partial charge in [0.15, 0.2) is 5.75 Å². The molecule has 0 aliphatic heterocycles. The first-order chi connectivity index (χ1) is 9.36. The molecule has 3 nitrogen and oxygen atoms in total. The van der Waals surface area contributed by atoms with E-state index in [0.717, 1.165) is 0 Å². The van der Waals surface area contributed by atoms with E-state index in [1.165, 1.54) is 18.2 Å². The van der Waals surface area contributed by atoms with Crippen molar-refractivity contribution in [2.24, 2.45) is 0 Å². The monoisotopic (exact) mass is 393 g/mol. The highest BCUT2D eigenvalue weighted by molar-refractivity contribution is 9.10. The van der Waals surface area contributed by atoms with Crippen molar-refractivity contribution in [1.82, 2.24) is 0 Å². The van der Waals surface area contributed by atoms with E-state index in [1.807, 2.05) is 0 Å². The molecule has 0 saturated heterocycles. The smallest absolute Gasteiger partial charge is 0.255 e. The van der Waals surface area contributed by atoms with Gasteiger partial charge in [-0.2, -0.15) is 0 Å². The van der Waals surface area contributed by atoms with Crippen molar-refractivity contribution >= 4 is 62.3 Å². The highest BCUT2D eigenvalue weighted by atomic mass is 79.9. The zero-order valence-corrected chi connectivity index (χ0v) is 13.6. The third kappa shape index (κ3) is 3.58. The van der Waals surface area contributed by atoms with E-state index < -0.39 is 0 Å². The first-order valence-electron chi connectivity index (χ1n) is 5.32. The molecule has 0 atom stereocenters. The zero-order chi connectivity index (χ0) is 14.9. The quantitative estimate of drug-likeness (QED) is 0.672. The van der Waals surface area contributed by atoms with Crippen molar-refractivity contribution in [2.45, 2.75) is 0 Å². The van der Waals surface area contributed by atoms with Crippen LogP contribution in [0.15, 0.2) is 34.8 Å². The van der Waals surface area contributed by atoms with Gasteiger partial charge in [0, 0.05) is 20.7 Å². The molecule has 2 aromatic carbocycles. The molecule has 0 aromatic heterocycles. The number of benzene rings is 2. The second-order valence-electron chi connectivity index (χ2n) is 3.90. The summed E-state index contributed by atoms with van der Waals surface area (Å²) < 4.78 is 0.692. The van der Waals surface area contributed by atoms with Crippen molar-refractivity contribution in [1.29, 1.82) is 0 Å². The number of phenolic OH excluding ortho intramolecular Hbond substituents is 1. The fraction of sp³-hybridized carbons (Fsp3) is 0. The number of hydrogen-bond acceptors (Lipinski definition) is 2. The molecule has 0 unspecified atom stereocenters. The van der Waals surface area contributed by atoms with Crippen LogP contribution in [0.25, 0.3) is 0 Å². The van der Waals surface area contributed by atoms with Crippen molar-refractivity contribution < 1.29 is 9.90 Å². The van der Waals surface area contributed by atoms with E-state index in [9.17, 15) is 9.90 Å². The Morgan fingerprint density at radius 1 is 1.05 bits per heavy atom. The second kappa shape index (κ2) is 6.22. The van der Waals surface area contributed by atoms with Crippen LogP contribution < -0.4 is 5.32 Å². The standard InChI is InChI=1S/C13H7BrCl3NO2/c14-7-1-6(2-8(15)3-7)13(20)18-9-4-10(16)12(19)11(17)5-9/h1-5,19H,(H,18,20). The highest BCUT2D eigenvalue weighted by Gasteiger charge is 2.11. The van der Waals surface area contributed by atoms with Gasteiger partial charge in [-0.3, -0.25) is 4.79 Å². The number of anilines is 1. The Labute approximate surface area is 138 Å². The summed E-state index contributed by atoms with van der Waals surface area (Å²) in [6.45, 7) is 0. The number of nitrogens with one attached hydrogen (secondary N) is 1. The SMILES string of the molecule is O=C(Nc1cc(Cl)c(O)c(Cl)c1)c1cc(Cl)cc(Br)c1. The van der Waals surface area contributed by atoms with Crippen LogP contribution in [-0.2, 0) is 0 Å². The van der Waals surface area contributed by atoms with Crippen LogP contribution in [0.1, 0.15) is 10.4 Å². The molecular formula is C13H7BrCl3NO2.